The molecule has 0 spiro atoms. The molecule has 1 aliphatic carbocycles. The Labute approximate surface area is 114 Å². The first-order chi connectivity index (χ1) is 9.04. The first kappa shape index (κ1) is 16.0. The third-order valence-electron chi connectivity index (χ3n) is 3.57. The molecule has 1 N–H and O–H groups in total. The summed E-state index contributed by atoms with van der Waals surface area (Å²) in [6.45, 7) is 2.41. The van der Waals surface area contributed by atoms with Gasteiger partial charge in [0.1, 0.15) is 6.10 Å². The molecule has 19 heavy (non-hydrogen) atoms. The molecule has 1 saturated carbocycles. The zero-order chi connectivity index (χ0) is 14.3. The Morgan fingerprint density at radius 3 is 2.53 bits per heavy atom. The summed E-state index contributed by atoms with van der Waals surface area (Å²) in [6, 6.07) is 0. The van der Waals surface area contributed by atoms with Crippen molar-refractivity contribution in [3.05, 3.63) is 0 Å². The highest BCUT2D eigenvalue weighted by Crippen LogP contribution is 2.23. The van der Waals surface area contributed by atoms with E-state index in [9.17, 15) is 9.59 Å². The normalized spacial score (nSPS) is 17.4. The van der Waals surface area contributed by atoms with Crippen LogP contribution in [-0.4, -0.2) is 47.7 Å². The van der Waals surface area contributed by atoms with Crippen LogP contribution in [0.1, 0.15) is 51.9 Å². The maximum atomic E-state index is 12.2. The maximum absolute atomic E-state index is 12.2. The fourth-order valence-corrected chi connectivity index (χ4v) is 2.41. The summed E-state index contributed by atoms with van der Waals surface area (Å²) in [7, 11) is 1.71. The van der Waals surface area contributed by atoms with E-state index in [1.54, 1.807) is 11.9 Å². The van der Waals surface area contributed by atoms with Gasteiger partial charge >= 0.3 is 5.97 Å². The number of amides is 1. The van der Waals surface area contributed by atoms with E-state index in [0.29, 0.717) is 19.4 Å². The number of hydrogen-bond acceptors (Lipinski definition) is 3. The van der Waals surface area contributed by atoms with Crippen LogP contribution in [0.2, 0.25) is 0 Å². The average molecular weight is 271 g/mol. The minimum Gasteiger partial charge on any atom is -0.481 e. The number of carboxylic acid groups (broad SMARTS) is 1. The van der Waals surface area contributed by atoms with Crippen molar-refractivity contribution in [1.82, 2.24) is 4.90 Å². The molecule has 5 nitrogen and oxygen atoms in total. The fraction of sp³-hybridized carbons (Fsp3) is 0.857. The van der Waals surface area contributed by atoms with E-state index in [2.05, 4.69) is 0 Å². The van der Waals surface area contributed by atoms with Gasteiger partial charge in [0.2, 0.25) is 0 Å². The van der Waals surface area contributed by atoms with Crippen LogP contribution in [0.25, 0.3) is 0 Å². The molecule has 0 aliphatic heterocycles. The van der Waals surface area contributed by atoms with E-state index < -0.39 is 5.97 Å². The molecule has 1 rings (SSSR count). The summed E-state index contributed by atoms with van der Waals surface area (Å²) in [5.74, 6) is -0.852. The minimum atomic E-state index is -0.824. The first-order valence-electron chi connectivity index (χ1n) is 7.16. The predicted molar refractivity (Wildman–Crippen MR) is 71.9 cm³/mol. The van der Waals surface area contributed by atoms with Gasteiger partial charge in [0.25, 0.3) is 5.91 Å². The third kappa shape index (κ3) is 5.59. The van der Waals surface area contributed by atoms with E-state index in [0.717, 1.165) is 12.8 Å². The van der Waals surface area contributed by atoms with Gasteiger partial charge in [-0.15, -0.1) is 0 Å². The summed E-state index contributed by atoms with van der Waals surface area (Å²) in [4.78, 5) is 24.2. The molecular formula is C14H25NO4. The Balaban J connectivity index is 2.36. The van der Waals surface area contributed by atoms with Crippen molar-refractivity contribution in [1.29, 1.82) is 0 Å². The number of rotatable bonds is 8. The molecule has 0 aromatic heterocycles. The second-order valence-electron chi connectivity index (χ2n) is 5.20. The summed E-state index contributed by atoms with van der Waals surface area (Å²) in [5, 5.41) is 8.58. The summed E-state index contributed by atoms with van der Waals surface area (Å²) >= 11 is 0. The lowest BCUT2D eigenvalue weighted by Gasteiger charge is -2.25. The van der Waals surface area contributed by atoms with Gasteiger partial charge in [0.05, 0.1) is 6.10 Å². The zero-order valence-corrected chi connectivity index (χ0v) is 11.9. The quantitative estimate of drug-likeness (QED) is 0.733. The van der Waals surface area contributed by atoms with E-state index in [4.69, 9.17) is 9.84 Å². The van der Waals surface area contributed by atoms with E-state index in [-0.39, 0.29) is 24.5 Å². The summed E-state index contributed by atoms with van der Waals surface area (Å²) < 4.78 is 5.86. The zero-order valence-electron chi connectivity index (χ0n) is 11.9. The second-order valence-corrected chi connectivity index (χ2v) is 5.20. The molecule has 0 heterocycles. The van der Waals surface area contributed by atoms with E-state index in [1.807, 2.05) is 6.92 Å². The molecule has 0 aromatic carbocycles. The number of aliphatic carboxylic acids is 1. The molecule has 0 aromatic rings. The SMILES string of the molecule is CCC(OC1CCCC1)C(=O)N(C)CCCC(=O)O. The topological polar surface area (TPSA) is 66.8 Å². The summed E-state index contributed by atoms with van der Waals surface area (Å²) in [6.07, 6.45) is 5.56. The molecule has 5 heteroatoms. The van der Waals surface area contributed by atoms with Crippen LogP contribution >= 0.6 is 0 Å². The van der Waals surface area contributed by atoms with Crippen LogP contribution in [0.4, 0.5) is 0 Å². The molecule has 1 aliphatic rings. The van der Waals surface area contributed by atoms with Crippen LogP contribution in [0.15, 0.2) is 0 Å². The van der Waals surface area contributed by atoms with Crippen LogP contribution in [0.3, 0.4) is 0 Å². The summed E-state index contributed by atoms with van der Waals surface area (Å²) in [5.41, 5.74) is 0. The Kier molecular flexibility index (Phi) is 6.84. The van der Waals surface area contributed by atoms with Crippen LogP contribution in [0.5, 0.6) is 0 Å². The molecule has 1 fully saturated rings. The number of likely N-dealkylation sites (N-methyl/N-ethyl adjacent to an activating group) is 1. The van der Waals surface area contributed by atoms with Crippen molar-refractivity contribution in [2.75, 3.05) is 13.6 Å². The second kappa shape index (κ2) is 8.15. The molecule has 0 saturated heterocycles. The standard InChI is InChI=1S/C14H25NO4/c1-3-12(19-11-7-4-5-8-11)14(18)15(2)10-6-9-13(16)17/h11-12H,3-10H2,1-2H3,(H,16,17). The van der Waals surface area contributed by atoms with Gasteiger partial charge in [0, 0.05) is 20.0 Å². The van der Waals surface area contributed by atoms with Crippen molar-refractivity contribution in [3.8, 4) is 0 Å². The van der Waals surface area contributed by atoms with Gasteiger partial charge in [0.15, 0.2) is 0 Å². The molecule has 1 amide bonds. The molecule has 0 bridgehead atoms. The number of ether oxygens (including phenoxy) is 1. The van der Waals surface area contributed by atoms with Crippen LogP contribution < -0.4 is 0 Å². The van der Waals surface area contributed by atoms with Crippen molar-refractivity contribution < 1.29 is 19.4 Å². The molecule has 1 atom stereocenters. The van der Waals surface area contributed by atoms with Gasteiger partial charge in [-0.25, -0.2) is 0 Å². The molecule has 0 radical (unpaired) electrons. The molecule has 110 valence electrons. The number of carbonyl (C=O) groups excluding carboxylic acids is 1. The Hall–Kier alpha value is -1.10. The van der Waals surface area contributed by atoms with Crippen molar-refractivity contribution in [2.24, 2.45) is 0 Å². The van der Waals surface area contributed by atoms with E-state index >= 15 is 0 Å². The average Bonchev–Trinajstić information content (AvgIpc) is 2.87. The van der Waals surface area contributed by atoms with Gasteiger partial charge in [-0.3, -0.25) is 9.59 Å². The highest BCUT2D eigenvalue weighted by molar-refractivity contribution is 5.80. The maximum Gasteiger partial charge on any atom is 0.303 e. The van der Waals surface area contributed by atoms with Gasteiger partial charge in [-0.2, -0.15) is 0 Å². The predicted octanol–water partition coefficient (Wildman–Crippen LogP) is 2.05. The highest BCUT2D eigenvalue weighted by Gasteiger charge is 2.26. The van der Waals surface area contributed by atoms with Crippen molar-refractivity contribution in [2.45, 2.75) is 64.1 Å². The minimum absolute atomic E-state index is 0.0280. The Morgan fingerprint density at radius 2 is 2.00 bits per heavy atom. The van der Waals surface area contributed by atoms with Crippen molar-refractivity contribution >= 4 is 11.9 Å². The fourth-order valence-electron chi connectivity index (χ4n) is 2.41. The van der Waals surface area contributed by atoms with Gasteiger partial charge in [-0.05, 0) is 25.7 Å². The third-order valence-corrected chi connectivity index (χ3v) is 3.57. The van der Waals surface area contributed by atoms with Gasteiger partial charge < -0.3 is 14.7 Å². The smallest absolute Gasteiger partial charge is 0.303 e. The highest BCUT2D eigenvalue weighted by atomic mass is 16.5. The largest absolute Gasteiger partial charge is 0.481 e. The number of carboxylic acids is 1. The lowest BCUT2D eigenvalue weighted by atomic mass is 10.2. The molecular weight excluding hydrogens is 246 g/mol. The lowest BCUT2D eigenvalue weighted by Crippen LogP contribution is -2.39. The monoisotopic (exact) mass is 271 g/mol. The molecule has 1 unspecified atom stereocenters. The number of carbonyl (C=O) groups is 2. The Bertz CT molecular complexity index is 300. The first-order valence-corrected chi connectivity index (χ1v) is 7.16. The van der Waals surface area contributed by atoms with Crippen LogP contribution in [-0.2, 0) is 14.3 Å². The Morgan fingerprint density at radius 1 is 1.37 bits per heavy atom. The van der Waals surface area contributed by atoms with Crippen LogP contribution in [0, 0.1) is 0 Å². The van der Waals surface area contributed by atoms with Gasteiger partial charge in [-0.1, -0.05) is 19.8 Å². The lowest BCUT2D eigenvalue weighted by molar-refractivity contribution is -0.147. The number of hydrogen-bond donors (Lipinski definition) is 1. The number of nitrogens with zero attached hydrogens (tertiary/aromatic N) is 1. The van der Waals surface area contributed by atoms with Crippen molar-refractivity contribution in [3.63, 3.8) is 0 Å². The van der Waals surface area contributed by atoms with E-state index in [1.165, 1.54) is 12.8 Å².